The summed E-state index contributed by atoms with van der Waals surface area (Å²) in [6.45, 7) is 4.76. The normalized spacial score (nSPS) is 17.4. The third-order valence-corrected chi connectivity index (χ3v) is 5.47. The molecule has 2 N–H and O–H groups in total. The number of piperidine rings is 1. The summed E-state index contributed by atoms with van der Waals surface area (Å²) in [7, 11) is 0. The summed E-state index contributed by atoms with van der Waals surface area (Å²) in [4.78, 5) is 33.6. The molecule has 9 nitrogen and oxygen atoms in total. The van der Waals surface area contributed by atoms with E-state index in [-0.39, 0.29) is 17.9 Å². The fraction of sp³-hybridized carbons (Fsp3) is 0.500. The lowest BCUT2D eigenvalue weighted by Gasteiger charge is -2.31. The van der Waals surface area contributed by atoms with Crippen molar-refractivity contribution < 1.29 is 14.1 Å². The largest absolute Gasteiger partial charge is 0.360 e. The van der Waals surface area contributed by atoms with Gasteiger partial charge < -0.3 is 25.0 Å². The van der Waals surface area contributed by atoms with Crippen LogP contribution in [0.15, 0.2) is 28.9 Å². The molecule has 0 atom stereocenters. The fourth-order valence-electron chi connectivity index (χ4n) is 3.87. The van der Waals surface area contributed by atoms with Crippen molar-refractivity contribution in [3.8, 4) is 0 Å². The van der Waals surface area contributed by atoms with Crippen molar-refractivity contribution in [2.24, 2.45) is 5.92 Å². The summed E-state index contributed by atoms with van der Waals surface area (Å²) in [5.74, 6) is 1.68. The molecule has 29 heavy (non-hydrogen) atoms. The molecule has 2 fully saturated rings. The van der Waals surface area contributed by atoms with Crippen LogP contribution in [0.25, 0.3) is 0 Å². The quantitative estimate of drug-likeness (QED) is 0.821. The topological polar surface area (TPSA) is 104 Å². The van der Waals surface area contributed by atoms with Gasteiger partial charge in [0.2, 0.25) is 5.91 Å². The molecule has 2 aliphatic heterocycles. The van der Waals surface area contributed by atoms with Gasteiger partial charge in [-0.2, -0.15) is 0 Å². The van der Waals surface area contributed by atoms with Gasteiger partial charge >= 0.3 is 6.03 Å². The van der Waals surface area contributed by atoms with Crippen LogP contribution >= 0.6 is 0 Å². The highest BCUT2D eigenvalue weighted by Gasteiger charge is 2.28. The maximum atomic E-state index is 12.8. The minimum Gasteiger partial charge on any atom is -0.360 e. The van der Waals surface area contributed by atoms with Crippen LogP contribution in [0.3, 0.4) is 0 Å². The van der Waals surface area contributed by atoms with Crippen LogP contribution in [0.4, 0.5) is 22.1 Å². The highest BCUT2D eigenvalue weighted by atomic mass is 16.5. The average Bonchev–Trinajstić information content (AvgIpc) is 3.40. The number of nitrogens with zero attached hydrogens (tertiary/aromatic N) is 4. The van der Waals surface area contributed by atoms with Crippen molar-refractivity contribution in [1.82, 2.24) is 15.0 Å². The first-order chi connectivity index (χ1) is 14.1. The first-order valence-corrected chi connectivity index (χ1v) is 10.1. The number of hydrogen-bond donors (Lipinski definition) is 2. The molecule has 2 aliphatic rings. The Labute approximate surface area is 169 Å². The molecular weight excluding hydrogens is 372 g/mol. The highest BCUT2D eigenvalue weighted by molar-refractivity contribution is 5.94. The van der Waals surface area contributed by atoms with Gasteiger partial charge in [-0.25, -0.2) is 9.78 Å². The lowest BCUT2D eigenvalue weighted by Crippen LogP contribution is -2.43. The predicted molar refractivity (Wildman–Crippen MR) is 109 cm³/mol. The second-order valence-electron chi connectivity index (χ2n) is 7.57. The number of aryl methyl sites for hydroxylation is 1. The number of nitrogens with one attached hydrogen (secondary N) is 2. The zero-order chi connectivity index (χ0) is 20.2. The van der Waals surface area contributed by atoms with E-state index in [1.54, 1.807) is 24.1 Å². The third-order valence-electron chi connectivity index (χ3n) is 5.47. The fourth-order valence-corrected chi connectivity index (χ4v) is 3.87. The maximum absolute atomic E-state index is 12.8. The molecule has 0 saturated carbocycles. The van der Waals surface area contributed by atoms with Gasteiger partial charge in [0.05, 0.1) is 5.69 Å². The number of carbonyl (C=O) groups excluding carboxylic acids is 2. The van der Waals surface area contributed by atoms with E-state index in [1.807, 2.05) is 12.1 Å². The van der Waals surface area contributed by atoms with Gasteiger partial charge in [0.15, 0.2) is 11.6 Å². The molecule has 154 valence electrons. The molecule has 2 aromatic heterocycles. The highest BCUT2D eigenvalue weighted by Crippen LogP contribution is 2.27. The summed E-state index contributed by atoms with van der Waals surface area (Å²) < 4.78 is 4.97. The Bertz CT molecular complexity index is 869. The molecule has 3 amide bonds. The predicted octanol–water partition coefficient (Wildman–Crippen LogP) is 2.86. The minimum atomic E-state index is -0.149. The van der Waals surface area contributed by atoms with E-state index in [1.165, 1.54) is 0 Å². The van der Waals surface area contributed by atoms with Crippen molar-refractivity contribution in [2.75, 3.05) is 41.7 Å². The number of amides is 3. The van der Waals surface area contributed by atoms with E-state index in [0.717, 1.165) is 37.4 Å². The molecule has 2 aromatic rings. The molecule has 0 unspecified atom stereocenters. The van der Waals surface area contributed by atoms with Crippen LogP contribution in [-0.4, -0.2) is 53.2 Å². The molecule has 0 aromatic carbocycles. The number of urea groups is 1. The van der Waals surface area contributed by atoms with E-state index >= 15 is 0 Å². The third kappa shape index (κ3) is 4.49. The second kappa shape index (κ2) is 8.50. The van der Waals surface area contributed by atoms with E-state index in [9.17, 15) is 9.59 Å². The van der Waals surface area contributed by atoms with Crippen LogP contribution in [-0.2, 0) is 4.79 Å². The van der Waals surface area contributed by atoms with Crippen LogP contribution in [0.1, 0.15) is 31.4 Å². The Morgan fingerprint density at radius 1 is 1.14 bits per heavy atom. The zero-order valence-corrected chi connectivity index (χ0v) is 16.6. The van der Waals surface area contributed by atoms with Crippen molar-refractivity contribution in [3.63, 3.8) is 0 Å². The monoisotopic (exact) mass is 398 g/mol. The Balaban J connectivity index is 1.31. The van der Waals surface area contributed by atoms with Gasteiger partial charge in [0.25, 0.3) is 0 Å². The Kier molecular flexibility index (Phi) is 5.64. The van der Waals surface area contributed by atoms with Crippen LogP contribution < -0.4 is 15.5 Å². The van der Waals surface area contributed by atoms with Crippen molar-refractivity contribution in [2.45, 2.75) is 32.6 Å². The lowest BCUT2D eigenvalue weighted by atomic mass is 9.96. The first-order valence-electron chi connectivity index (χ1n) is 10.1. The number of hydrogen-bond acceptors (Lipinski definition) is 6. The average molecular weight is 398 g/mol. The van der Waals surface area contributed by atoms with E-state index < -0.39 is 0 Å². The molecule has 0 spiro atoms. The maximum Gasteiger partial charge on any atom is 0.321 e. The van der Waals surface area contributed by atoms with Gasteiger partial charge in [-0.3, -0.25) is 4.79 Å². The van der Waals surface area contributed by atoms with Crippen LogP contribution in [0, 0.1) is 12.8 Å². The van der Waals surface area contributed by atoms with Gasteiger partial charge in [0.1, 0.15) is 5.76 Å². The Morgan fingerprint density at radius 2 is 1.90 bits per heavy atom. The summed E-state index contributed by atoms with van der Waals surface area (Å²) in [5, 5.41) is 9.57. The SMILES string of the molecule is Cc1cc(NC(=O)C2CCN(C(=O)Nc3cccnc3N3CCCC3)CC2)no1. The molecule has 4 rings (SSSR count). The summed E-state index contributed by atoms with van der Waals surface area (Å²) in [5.41, 5.74) is 0.737. The smallest absolute Gasteiger partial charge is 0.321 e. The van der Waals surface area contributed by atoms with Gasteiger partial charge in [0, 0.05) is 44.4 Å². The van der Waals surface area contributed by atoms with Crippen molar-refractivity contribution in [1.29, 1.82) is 0 Å². The summed E-state index contributed by atoms with van der Waals surface area (Å²) in [6, 6.07) is 5.26. The Morgan fingerprint density at radius 3 is 2.59 bits per heavy atom. The van der Waals surface area contributed by atoms with E-state index in [4.69, 9.17) is 4.52 Å². The molecule has 2 saturated heterocycles. The summed E-state index contributed by atoms with van der Waals surface area (Å²) >= 11 is 0. The zero-order valence-electron chi connectivity index (χ0n) is 16.6. The molecular formula is C20H26N6O3. The number of carbonyl (C=O) groups is 2. The molecule has 0 aliphatic carbocycles. The molecule has 4 heterocycles. The number of likely N-dealkylation sites (tertiary alicyclic amines) is 1. The van der Waals surface area contributed by atoms with Gasteiger partial charge in [-0.05, 0) is 44.7 Å². The second-order valence-corrected chi connectivity index (χ2v) is 7.57. The van der Waals surface area contributed by atoms with Gasteiger partial charge in [-0.15, -0.1) is 0 Å². The number of aromatic nitrogens is 2. The lowest BCUT2D eigenvalue weighted by molar-refractivity contribution is -0.121. The Hall–Kier alpha value is -3.10. The molecule has 0 radical (unpaired) electrons. The molecule has 9 heteroatoms. The van der Waals surface area contributed by atoms with E-state index in [0.29, 0.717) is 37.5 Å². The van der Waals surface area contributed by atoms with Crippen LogP contribution in [0.2, 0.25) is 0 Å². The van der Waals surface area contributed by atoms with Crippen LogP contribution in [0.5, 0.6) is 0 Å². The summed E-state index contributed by atoms with van der Waals surface area (Å²) in [6.07, 6.45) is 5.27. The minimum absolute atomic E-state index is 0.0815. The van der Waals surface area contributed by atoms with Crippen molar-refractivity contribution in [3.05, 3.63) is 30.2 Å². The number of pyridine rings is 1. The number of rotatable bonds is 4. The van der Waals surface area contributed by atoms with E-state index in [2.05, 4.69) is 25.7 Å². The standard InChI is InChI=1S/C20H26N6O3/c1-14-13-17(24-29-14)23-19(27)15-6-11-26(12-7-15)20(28)22-16-5-4-8-21-18(16)25-9-2-3-10-25/h4-5,8,13,15H,2-3,6-7,9-12H2,1H3,(H,22,28)(H,23,24,27). The molecule has 0 bridgehead atoms. The number of anilines is 3. The van der Waals surface area contributed by atoms with Gasteiger partial charge in [-0.1, -0.05) is 5.16 Å². The first kappa shape index (κ1) is 19.2. The van der Waals surface area contributed by atoms with Crippen molar-refractivity contribution >= 4 is 29.3 Å².